The van der Waals surface area contributed by atoms with Crippen molar-refractivity contribution in [3.05, 3.63) is 78.3 Å². The number of fused-ring (bicyclic) bond motifs is 1. The fourth-order valence-corrected chi connectivity index (χ4v) is 5.70. The minimum Gasteiger partial charge on any atom is -0.492 e. The summed E-state index contributed by atoms with van der Waals surface area (Å²) >= 11 is 0. The Kier molecular flexibility index (Phi) is 21.7. The molecule has 0 saturated carbocycles. The standard InChI is InChI=1S/C26H41N5O3.C9H12FNO.C3H8.C2H6/c1-7-10-21(27)30-20(15-28-8-2)26(5)23(32)19(16-31(26)6)29-24(33)17-11-9-12-18-22(17)34-14-13-25(18,3)4;1-4-8(10)6-5-7(2)9(12)11-3;1-3-2;1-2/h8-9,11-12,19-20,23,28,32H,2,7,10,13-16H2,1,3-6H3,(H2,27,30)(H,29,33);4-6H,2H2,1,3H3,(H,11,12);3H2,1-2H3;1-2H3/p+1/b;6-5-,8-4+;;. The smallest absolute Gasteiger partial charge is 0.255 e. The third kappa shape index (κ3) is 13.6. The van der Waals surface area contributed by atoms with Crippen LogP contribution in [0.2, 0.25) is 0 Å². The highest BCUT2D eigenvalue weighted by Gasteiger charge is 2.54. The number of likely N-dealkylation sites (tertiary alicyclic amines) is 1. The summed E-state index contributed by atoms with van der Waals surface area (Å²) in [6.45, 7) is 27.0. The van der Waals surface area contributed by atoms with E-state index in [1.807, 2.05) is 40.0 Å². The van der Waals surface area contributed by atoms with E-state index in [0.717, 1.165) is 24.8 Å². The first kappa shape index (κ1) is 47.0. The zero-order valence-electron chi connectivity index (χ0n) is 33.2. The number of allylic oxidation sites excluding steroid dienone is 3. The highest BCUT2D eigenvalue weighted by Crippen LogP contribution is 2.40. The van der Waals surface area contributed by atoms with Crippen LogP contribution in [0.4, 0.5) is 4.39 Å². The maximum absolute atomic E-state index is 13.4. The Morgan fingerprint density at radius 2 is 1.84 bits per heavy atom. The molecule has 1 saturated heterocycles. The van der Waals surface area contributed by atoms with Crippen molar-refractivity contribution in [1.29, 1.82) is 0 Å². The molecule has 10 nitrogen and oxygen atoms in total. The Hall–Kier alpha value is -3.96. The van der Waals surface area contributed by atoms with Gasteiger partial charge in [0, 0.05) is 31.1 Å². The molecule has 0 spiro atoms. The van der Waals surface area contributed by atoms with Gasteiger partial charge in [-0.25, -0.2) is 4.39 Å². The summed E-state index contributed by atoms with van der Waals surface area (Å²) in [6, 6.07) is 5.07. The van der Waals surface area contributed by atoms with Crippen molar-refractivity contribution < 1.29 is 28.8 Å². The molecule has 288 valence electrons. The fourth-order valence-electron chi connectivity index (χ4n) is 5.70. The summed E-state index contributed by atoms with van der Waals surface area (Å²) in [5.74, 6) is 0.400. The number of amidine groups is 1. The Morgan fingerprint density at radius 3 is 2.39 bits per heavy atom. The lowest BCUT2D eigenvalue weighted by Gasteiger charge is -2.39. The molecule has 51 heavy (non-hydrogen) atoms. The molecule has 0 aliphatic carbocycles. The first-order chi connectivity index (χ1) is 24.1. The van der Waals surface area contributed by atoms with E-state index >= 15 is 0 Å². The van der Waals surface area contributed by atoms with Crippen LogP contribution in [0.25, 0.3) is 0 Å². The third-order valence-electron chi connectivity index (χ3n) is 8.84. The van der Waals surface area contributed by atoms with E-state index in [9.17, 15) is 19.1 Å². The molecule has 2 amide bonds. The van der Waals surface area contributed by atoms with Gasteiger partial charge in [0.1, 0.15) is 17.6 Å². The quantitative estimate of drug-likeness (QED) is 0.0815. The Bertz CT molecular complexity index is 1360. The molecule has 0 aromatic heterocycles. The van der Waals surface area contributed by atoms with E-state index in [1.165, 1.54) is 31.7 Å². The average Bonchev–Trinajstić information content (AvgIpc) is 3.32. The second-order valence-corrected chi connectivity index (χ2v) is 13.2. The van der Waals surface area contributed by atoms with Crippen LogP contribution in [0, 0.1) is 0 Å². The second kappa shape index (κ2) is 23.5. The molecule has 2 aliphatic heterocycles. The maximum atomic E-state index is 13.4. The number of rotatable bonds is 12. The van der Waals surface area contributed by atoms with Crippen LogP contribution in [0.1, 0.15) is 104 Å². The van der Waals surface area contributed by atoms with E-state index in [-0.39, 0.29) is 34.7 Å². The lowest BCUT2D eigenvalue weighted by atomic mass is 9.79. The molecule has 0 bridgehead atoms. The number of aliphatic hydroxyl groups excluding tert-OH is 1. The number of carbonyl (C=O) groups excluding carboxylic acids is 2. The summed E-state index contributed by atoms with van der Waals surface area (Å²) in [6.07, 6.45) is 8.45. The SMILES string of the molecule is C=C(/C=C\C(F)=C/C)C(=O)NC.C=CNCC([NH+]=C(N)CCC)C1(C)C(O)C(NC(=O)c2cccc3c2OCCC3(C)C)CN1C.CC.CCC. The summed E-state index contributed by atoms with van der Waals surface area (Å²) in [4.78, 5) is 29.7. The van der Waals surface area contributed by atoms with E-state index in [2.05, 4.69) is 73.6 Å². The number of hydrogen-bond acceptors (Lipinski definition) is 6. The van der Waals surface area contributed by atoms with E-state index in [4.69, 9.17) is 10.5 Å². The lowest BCUT2D eigenvalue weighted by Crippen LogP contribution is -2.90. The fraction of sp³-hybridized carbons (Fsp3) is 0.575. The lowest BCUT2D eigenvalue weighted by molar-refractivity contribution is -0.523. The molecule has 3 rings (SSSR count). The predicted octanol–water partition coefficient (Wildman–Crippen LogP) is 4.41. The number of nitrogens with one attached hydrogen (secondary N) is 4. The number of benzene rings is 1. The number of nitrogens with zero attached hydrogens (tertiary/aromatic N) is 1. The van der Waals surface area contributed by atoms with Crippen molar-refractivity contribution in [2.75, 3.05) is 33.8 Å². The number of para-hydroxylation sites is 1. The van der Waals surface area contributed by atoms with Crippen LogP contribution in [0.5, 0.6) is 5.75 Å². The van der Waals surface area contributed by atoms with Crippen LogP contribution >= 0.6 is 0 Å². The molecule has 2 heterocycles. The number of amides is 2. The van der Waals surface area contributed by atoms with Gasteiger partial charge in [-0.1, -0.05) is 86.3 Å². The normalized spacial score (nSPS) is 21.5. The average molecular weight is 716 g/mol. The Labute approximate surface area is 307 Å². The second-order valence-electron chi connectivity index (χ2n) is 13.2. The monoisotopic (exact) mass is 716 g/mol. The first-order valence-electron chi connectivity index (χ1n) is 18.2. The van der Waals surface area contributed by atoms with Crippen LogP contribution in [0.15, 0.2) is 67.2 Å². The zero-order chi connectivity index (χ0) is 39.4. The summed E-state index contributed by atoms with van der Waals surface area (Å²) in [7, 11) is 3.46. The topological polar surface area (TPSA) is 143 Å². The number of likely N-dealkylation sites (N-methyl/N-ethyl adjacent to an activating group) is 2. The van der Waals surface area contributed by atoms with Gasteiger partial charge in [-0.2, -0.15) is 0 Å². The van der Waals surface area contributed by atoms with Gasteiger partial charge >= 0.3 is 0 Å². The number of halogens is 1. The zero-order valence-corrected chi connectivity index (χ0v) is 33.2. The predicted molar refractivity (Wildman–Crippen MR) is 209 cm³/mol. The van der Waals surface area contributed by atoms with E-state index < -0.39 is 17.7 Å². The van der Waals surface area contributed by atoms with Gasteiger partial charge < -0.3 is 25.8 Å². The maximum Gasteiger partial charge on any atom is 0.255 e. The van der Waals surface area contributed by atoms with Gasteiger partial charge in [-0.3, -0.25) is 25.2 Å². The molecule has 1 aromatic rings. The van der Waals surface area contributed by atoms with Crippen molar-refractivity contribution in [1.82, 2.24) is 20.9 Å². The van der Waals surface area contributed by atoms with Crippen molar-refractivity contribution in [3.63, 3.8) is 0 Å². The molecule has 4 unspecified atom stereocenters. The van der Waals surface area contributed by atoms with E-state index in [0.29, 0.717) is 36.8 Å². The molecule has 1 aromatic carbocycles. The molecule has 0 radical (unpaired) electrons. The Balaban J connectivity index is 0.00000123. The Morgan fingerprint density at radius 1 is 1.22 bits per heavy atom. The summed E-state index contributed by atoms with van der Waals surface area (Å²) < 4.78 is 18.4. The first-order valence-corrected chi connectivity index (χ1v) is 18.2. The number of nitrogens with two attached hydrogens (primary N) is 1. The van der Waals surface area contributed by atoms with Gasteiger partial charge in [-0.15, -0.1) is 0 Å². The van der Waals surface area contributed by atoms with Crippen molar-refractivity contribution in [2.24, 2.45) is 5.73 Å². The molecule has 2 aliphatic rings. The van der Waals surface area contributed by atoms with Crippen LogP contribution < -0.4 is 31.4 Å². The largest absolute Gasteiger partial charge is 0.492 e. The minimum absolute atomic E-state index is 0.0541. The molecular formula is C40H68FN6O4+. The van der Waals surface area contributed by atoms with Gasteiger partial charge in [0.05, 0.1) is 36.4 Å². The highest BCUT2D eigenvalue weighted by atomic mass is 19.1. The highest BCUT2D eigenvalue weighted by molar-refractivity contribution is 5.98. The van der Waals surface area contributed by atoms with Gasteiger partial charge in [0.2, 0.25) is 11.7 Å². The van der Waals surface area contributed by atoms with Crippen LogP contribution in [0.3, 0.4) is 0 Å². The van der Waals surface area contributed by atoms with Crippen molar-refractivity contribution in [3.8, 4) is 5.75 Å². The van der Waals surface area contributed by atoms with E-state index in [1.54, 1.807) is 19.2 Å². The third-order valence-corrected chi connectivity index (χ3v) is 8.84. The van der Waals surface area contributed by atoms with Crippen molar-refractivity contribution in [2.45, 2.75) is 117 Å². The molecular weight excluding hydrogens is 647 g/mol. The number of carbonyl (C=O) groups is 2. The molecule has 1 fully saturated rings. The number of hydrogen-bond donors (Lipinski definition) is 6. The summed E-state index contributed by atoms with van der Waals surface area (Å²) in [5, 5.41) is 20.1. The van der Waals surface area contributed by atoms with Crippen LogP contribution in [-0.4, -0.2) is 85.2 Å². The number of ether oxygens (including phenoxy) is 1. The van der Waals surface area contributed by atoms with Gasteiger partial charge in [0.15, 0.2) is 0 Å². The molecule has 7 N–H and O–H groups in total. The van der Waals surface area contributed by atoms with Gasteiger partial charge in [0.25, 0.3) is 5.91 Å². The molecule has 4 atom stereocenters. The summed E-state index contributed by atoms with van der Waals surface area (Å²) in [5.41, 5.74) is 7.27. The van der Waals surface area contributed by atoms with Gasteiger partial charge in [-0.05, 0) is 63.6 Å². The van der Waals surface area contributed by atoms with Crippen molar-refractivity contribution >= 4 is 17.6 Å². The number of aliphatic hydroxyl groups is 1. The molecule has 11 heteroatoms. The minimum atomic E-state index is -0.822. The van der Waals surface area contributed by atoms with Crippen LogP contribution in [-0.2, 0) is 10.2 Å².